The van der Waals surface area contributed by atoms with Gasteiger partial charge in [0.1, 0.15) is 11.4 Å². The number of rotatable bonds is 5. The van der Waals surface area contributed by atoms with Gasteiger partial charge in [0, 0.05) is 23.5 Å². The Balaban J connectivity index is 1.17. The van der Waals surface area contributed by atoms with E-state index in [1.807, 2.05) is 37.3 Å². The average molecular weight is 475 g/mol. The molecule has 7 nitrogen and oxygen atoms in total. The molecule has 2 aromatic carbocycles. The van der Waals surface area contributed by atoms with Crippen LogP contribution in [0.5, 0.6) is 5.75 Å². The molecule has 0 aliphatic carbocycles. The summed E-state index contributed by atoms with van der Waals surface area (Å²) in [6.45, 7) is 10.5. The molecule has 0 radical (unpaired) electrons. The summed E-state index contributed by atoms with van der Waals surface area (Å²) in [6, 6.07) is 14.2. The van der Waals surface area contributed by atoms with Gasteiger partial charge in [-0.3, -0.25) is 9.69 Å². The summed E-state index contributed by atoms with van der Waals surface area (Å²) in [7, 11) is 0. The van der Waals surface area contributed by atoms with Gasteiger partial charge in [-0.05, 0) is 65.3 Å². The van der Waals surface area contributed by atoms with Crippen LogP contribution in [-0.4, -0.2) is 39.6 Å². The number of likely N-dealkylation sites (tertiary alicyclic amines) is 1. The zero-order valence-electron chi connectivity index (χ0n) is 21.0. The number of benzene rings is 2. The number of ether oxygens (including phenoxy) is 1. The van der Waals surface area contributed by atoms with E-state index in [0.29, 0.717) is 18.3 Å². The maximum Gasteiger partial charge on any atom is 0.241 e. The smallest absolute Gasteiger partial charge is 0.241 e. The molecule has 1 N–H and O–H groups in total. The van der Waals surface area contributed by atoms with Gasteiger partial charge in [0.05, 0.1) is 12.6 Å². The van der Waals surface area contributed by atoms with Crippen molar-refractivity contribution in [1.82, 2.24) is 20.4 Å². The molecule has 35 heavy (non-hydrogen) atoms. The van der Waals surface area contributed by atoms with Crippen LogP contribution < -0.4 is 10.1 Å². The molecular formula is C28H34N4O3. The number of aromatic nitrogens is 2. The normalized spacial score (nSPS) is 20.2. The standard InChI is InChI=1S/C28H34N4O3/c1-18-9-10-24-22(15-18)23(16-28(3,4)34-24)29-27(33)20-11-13-32(14-12-20)17-25-30-26(31-35-25)21-8-6-5-7-19(21)2/h5-10,15,20,23H,11-14,16-17H2,1-4H3,(H,29,33). The van der Waals surface area contributed by atoms with Crippen LogP contribution in [0.4, 0.5) is 0 Å². The van der Waals surface area contributed by atoms with E-state index < -0.39 is 0 Å². The van der Waals surface area contributed by atoms with Gasteiger partial charge in [-0.25, -0.2) is 0 Å². The molecule has 3 heterocycles. The summed E-state index contributed by atoms with van der Waals surface area (Å²) in [5.41, 5.74) is 4.05. The van der Waals surface area contributed by atoms with E-state index in [2.05, 4.69) is 53.3 Å². The van der Waals surface area contributed by atoms with Gasteiger partial charge >= 0.3 is 0 Å². The Kier molecular flexibility index (Phi) is 6.36. The monoisotopic (exact) mass is 474 g/mol. The molecule has 1 amide bonds. The predicted octanol–water partition coefficient (Wildman–Crippen LogP) is 4.98. The van der Waals surface area contributed by atoms with E-state index in [-0.39, 0.29) is 23.5 Å². The average Bonchev–Trinajstić information content (AvgIpc) is 3.28. The summed E-state index contributed by atoms with van der Waals surface area (Å²) in [5, 5.41) is 7.51. The molecule has 0 spiro atoms. The molecule has 1 fully saturated rings. The highest BCUT2D eigenvalue weighted by molar-refractivity contribution is 5.79. The number of carbonyl (C=O) groups is 1. The number of hydrogen-bond acceptors (Lipinski definition) is 6. The zero-order valence-corrected chi connectivity index (χ0v) is 21.0. The molecule has 0 bridgehead atoms. The van der Waals surface area contributed by atoms with Crippen molar-refractivity contribution < 1.29 is 14.1 Å². The van der Waals surface area contributed by atoms with Crippen LogP contribution in [0, 0.1) is 19.8 Å². The van der Waals surface area contributed by atoms with Gasteiger partial charge in [0.15, 0.2) is 0 Å². The molecule has 1 aromatic heterocycles. The molecule has 1 saturated heterocycles. The van der Waals surface area contributed by atoms with Crippen molar-refractivity contribution in [2.24, 2.45) is 5.92 Å². The number of hydrogen-bond donors (Lipinski definition) is 1. The molecule has 2 aliphatic heterocycles. The lowest BCUT2D eigenvalue weighted by Crippen LogP contribution is -2.45. The number of aryl methyl sites for hydroxylation is 2. The van der Waals surface area contributed by atoms with Crippen LogP contribution in [-0.2, 0) is 11.3 Å². The first-order valence-electron chi connectivity index (χ1n) is 12.5. The van der Waals surface area contributed by atoms with Crippen molar-refractivity contribution in [2.45, 2.75) is 65.1 Å². The van der Waals surface area contributed by atoms with Crippen LogP contribution in [0.25, 0.3) is 11.4 Å². The quantitative estimate of drug-likeness (QED) is 0.562. The number of nitrogens with one attached hydrogen (secondary N) is 1. The third-order valence-electron chi connectivity index (χ3n) is 7.11. The van der Waals surface area contributed by atoms with Gasteiger partial charge in [-0.15, -0.1) is 0 Å². The van der Waals surface area contributed by atoms with E-state index in [0.717, 1.165) is 54.8 Å². The van der Waals surface area contributed by atoms with Crippen molar-refractivity contribution in [2.75, 3.05) is 13.1 Å². The number of nitrogens with zero attached hydrogens (tertiary/aromatic N) is 3. The van der Waals surface area contributed by atoms with Crippen LogP contribution in [0.2, 0.25) is 0 Å². The molecule has 184 valence electrons. The van der Waals surface area contributed by atoms with Crippen LogP contribution in [0.15, 0.2) is 47.0 Å². The Hall–Kier alpha value is -3.19. The lowest BCUT2D eigenvalue weighted by atomic mass is 9.88. The third kappa shape index (κ3) is 5.25. The Morgan fingerprint density at radius 1 is 1.14 bits per heavy atom. The number of amides is 1. The number of fused-ring (bicyclic) bond motifs is 1. The van der Waals surface area contributed by atoms with Crippen LogP contribution in [0.3, 0.4) is 0 Å². The number of piperidine rings is 1. The van der Waals surface area contributed by atoms with Crippen molar-refractivity contribution in [3.63, 3.8) is 0 Å². The molecule has 3 aromatic rings. The van der Waals surface area contributed by atoms with E-state index >= 15 is 0 Å². The highest BCUT2D eigenvalue weighted by atomic mass is 16.5. The molecule has 2 aliphatic rings. The van der Waals surface area contributed by atoms with E-state index in [1.54, 1.807) is 0 Å². The van der Waals surface area contributed by atoms with E-state index in [4.69, 9.17) is 9.26 Å². The fraction of sp³-hybridized carbons (Fsp3) is 0.464. The summed E-state index contributed by atoms with van der Waals surface area (Å²) >= 11 is 0. The fourth-order valence-electron chi connectivity index (χ4n) is 5.19. The lowest BCUT2D eigenvalue weighted by molar-refractivity contribution is -0.127. The minimum Gasteiger partial charge on any atom is -0.487 e. The molecule has 5 rings (SSSR count). The first kappa shape index (κ1) is 23.5. The predicted molar refractivity (Wildman–Crippen MR) is 134 cm³/mol. The Morgan fingerprint density at radius 3 is 2.69 bits per heavy atom. The summed E-state index contributed by atoms with van der Waals surface area (Å²) in [6.07, 6.45) is 2.39. The van der Waals surface area contributed by atoms with Crippen LogP contribution >= 0.6 is 0 Å². The molecule has 0 saturated carbocycles. The maximum absolute atomic E-state index is 13.2. The highest BCUT2D eigenvalue weighted by Gasteiger charge is 2.36. The van der Waals surface area contributed by atoms with Crippen molar-refractivity contribution in [3.05, 3.63) is 65.0 Å². The second kappa shape index (κ2) is 9.46. The zero-order chi connectivity index (χ0) is 24.6. The molecular weight excluding hydrogens is 440 g/mol. The second-order valence-corrected chi connectivity index (χ2v) is 10.5. The van der Waals surface area contributed by atoms with Crippen LogP contribution in [0.1, 0.15) is 61.7 Å². The molecule has 7 heteroatoms. The van der Waals surface area contributed by atoms with Crippen molar-refractivity contribution in [3.8, 4) is 17.1 Å². The third-order valence-corrected chi connectivity index (χ3v) is 7.11. The SMILES string of the molecule is Cc1ccc2c(c1)C(NC(=O)C1CCN(Cc3nc(-c4ccccc4C)no3)CC1)CC(C)(C)O2. The first-order valence-corrected chi connectivity index (χ1v) is 12.5. The largest absolute Gasteiger partial charge is 0.487 e. The van der Waals surface area contributed by atoms with Gasteiger partial charge in [0.2, 0.25) is 17.6 Å². The van der Waals surface area contributed by atoms with Gasteiger partial charge in [-0.1, -0.05) is 47.1 Å². The Labute approximate surface area is 206 Å². The van der Waals surface area contributed by atoms with Gasteiger partial charge in [-0.2, -0.15) is 4.98 Å². The first-order chi connectivity index (χ1) is 16.8. The van der Waals surface area contributed by atoms with Gasteiger partial charge in [0.25, 0.3) is 0 Å². The number of carbonyl (C=O) groups excluding carboxylic acids is 1. The lowest BCUT2D eigenvalue weighted by Gasteiger charge is -2.39. The van der Waals surface area contributed by atoms with Gasteiger partial charge < -0.3 is 14.6 Å². The molecule has 1 unspecified atom stereocenters. The van der Waals surface area contributed by atoms with E-state index in [1.165, 1.54) is 5.56 Å². The Morgan fingerprint density at radius 2 is 1.91 bits per heavy atom. The van der Waals surface area contributed by atoms with Crippen molar-refractivity contribution in [1.29, 1.82) is 0 Å². The summed E-state index contributed by atoms with van der Waals surface area (Å²) in [5.74, 6) is 2.26. The minimum atomic E-state index is -0.315. The highest BCUT2D eigenvalue weighted by Crippen LogP contribution is 2.40. The summed E-state index contributed by atoms with van der Waals surface area (Å²) in [4.78, 5) is 20.1. The second-order valence-electron chi connectivity index (χ2n) is 10.5. The summed E-state index contributed by atoms with van der Waals surface area (Å²) < 4.78 is 11.7. The van der Waals surface area contributed by atoms with E-state index in [9.17, 15) is 4.79 Å². The molecule has 1 atom stereocenters. The maximum atomic E-state index is 13.2. The minimum absolute atomic E-state index is 0.00989. The topological polar surface area (TPSA) is 80.5 Å². The van der Waals surface area contributed by atoms with Crippen molar-refractivity contribution >= 4 is 5.91 Å². The Bertz CT molecular complexity index is 1210. The fourth-order valence-corrected chi connectivity index (χ4v) is 5.19.